The molecule has 0 unspecified atom stereocenters. The lowest BCUT2D eigenvalue weighted by molar-refractivity contribution is -0.120. The minimum Gasteiger partial charge on any atom is -0.454 e. The summed E-state index contributed by atoms with van der Waals surface area (Å²) in [5, 5.41) is 3.62. The predicted octanol–water partition coefficient (Wildman–Crippen LogP) is 3.93. The van der Waals surface area contributed by atoms with Crippen molar-refractivity contribution < 1.29 is 18.7 Å². The van der Waals surface area contributed by atoms with Crippen LogP contribution in [0.3, 0.4) is 0 Å². The Kier molecular flexibility index (Phi) is 5.21. The van der Waals surface area contributed by atoms with Crippen LogP contribution < -0.4 is 14.8 Å². The lowest BCUT2D eigenvalue weighted by Gasteiger charge is -2.04. The van der Waals surface area contributed by atoms with Crippen molar-refractivity contribution in [1.82, 2.24) is 10.3 Å². The van der Waals surface area contributed by atoms with Crippen LogP contribution in [0.1, 0.15) is 17.0 Å². The number of rotatable bonds is 6. The Morgan fingerprint density at radius 2 is 1.93 bits per heavy atom. The third kappa shape index (κ3) is 4.12. The van der Waals surface area contributed by atoms with Gasteiger partial charge in [-0.05, 0) is 49.2 Å². The molecule has 0 saturated heterocycles. The molecule has 0 radical (unpaired) electrons. The average Bonchev–Trinajstić information content (AvgIpc) is 3.29. The van der Waals surface area contributed by atoms with Gasteiger partial charge < -0.3 is 19.2 Å². The number of aromatic nitrogens is 1. The first kappa shape index (κ1) is 18.4. The summed E-state index contributed by atoms with van der Waals surface area (Å²) in [5.74, 6) is 2.35. The number of amides is 1. The van der Waals surface area contributed by atoms with Crippen LogP contribution in [0.2, 0.25) is 5.02 Å². The predicted molar refractivity (Wildman–Crippen MR) is 105 cm³/mol. The molecular weight excluding hydrogens is 380 g/mol. The van der Waals surface area contributed by atoms with Crippen LogP contribution in [0.4, 0.5) is 0 Å². The van der Waals surface area contributed by atoms with Crippen molar-refractivity contribution in [3.05, 3.63) is 64.5 Å². The number of benzene rings is 2. The molecule has 144 valence electrons. The van der Waals surface area contributed by atoms with Crippen molar-refractivity contribution in [3.63, 3.8) is 0 Å². The SMILES string of the molecule is Cc1oc(-c2ccc3c(c2)OCO3)nc1CC(=O)NCCc1ccc(Cl)cc1. The summed E-state index contributed by atoms with van der Waals surface area (Å²) < 4.78 is 16.4. The summed E-state index contributed by atoms with van der Waals surface area (Å²) in [6.07, 6.45) is 0.906. The second kappa shape index (κ2) is 7.94. The van der Waals surface area contributed by atoms with Crippen molar-refractivity contribution in [2.24, 2.45) is 0 Å². The van der Waals surface area contributed by atoms with Crippen molar-refractivity contribution in [2.45, 2.75) is 19.8 Å². The summed E-state index contributed by atoms with van der Waals surface area (Å²) in [5.41, 5.74) is 2.52. The smallest absolute Gasteiger partial charge is 0.231 e. The van der Waals surface area contributed by atoms with Crippen LogP contribution in [0.15, 0.2) is 46.9 Å². The lowest BCUT2D eigenvalue weighted by Crippen LogP contribution is -2.27. The Morgan fingerprint density at radius 1 is 1.14 bits per heavy atom. The number of hydrogen-bond acceptors (Lipinski definition) is 5. The fourth-order valence-electron chi connectivity index (χ4n) is 2.96. The Labute approximate surface area is 167 Å². The number of carbonyl (C=O) groups excluding carboxylic acids is 1. The highest BCUT2D eigenvalue weighted by atomic mass is 35.5. The number of aryl methyl sites for hydroxylation is 1. The van der Waals surface area contributed by atoms with Gasteiger partial charge in [0.1, 0.15) is 5.76 Å². The standard InChI is InChI=1S/C21H19ClN2O4/c1-13-17(11-20(25)23-9-8-14-2-5-16(22)6-3-14)24-21(28-13)15-4-7-18-19(10-15)27-12-26-18/h2-7,10H,8-9,11-12H2,1H3,(H,23,25). The molecule has 1 aliphatic heterocycles. The second-order valence-electron chi connectivity index (χ2n) is 6.49. The highest BCUT2D eigenvalue weighted by Gasteiger charge is 2.18. The third-order valence-corrected chi connectivity index (χ3v) is 4.74. The Balaban J connectivity index is 1.35. The largest absolute Gasteiger partial charge is 0.454 e. The van der Waals surface area contributed by atoms with E-state index >= 15 is 0 Å². The monoisotopic (exact) mass is 398 g/mol. The third-order valence-electron chi connectivity index (χ3n) is 4.49. The highest BCUT2D eigenvalue weighted by Crippen LogP contribution is 2.36. The molecule has 2 aromatic carbocycles. The maximum absolute atomic E-state index is 12.3. The normalized spacial score (nSPS) is 12.2. The maximum Gasteiger partial charge on any atom is 0.231 e. The summed E-state index contributed by atoms with van der Waals surface area (Å²) in [4.78, 5) is 16.7. The first-order chi connectivity index (χ1) is 13.6. The maximum atomic E-state index is 12.3. The van der Waals surface area contributed by atoms with Crippen molar-refractivity contribution in [1.29, 1.82) is 0 Å². The van der Waals surface area contributed by atoms with Gasteiger partial charge in [0.2, 0.25) is 18.6 Å². The summed E-state index contributed by atoms with van der Waals surface area (Å²) >= 11 is 5.88. The van der Waals surface area contributed by atoms with E-state index in [1.54, 1.807) is 6.92 Å². The number of halogens is 1. The molecule has 0 saturated carbocycles. The van der Waals surface area contributed by atoms with Gasteiger partial charge >= 0.3 is 0 Å². The molecule has 0 fully saturated rings. The highest BCUT2D eigenvalue weighted by molar-refractivity contribution is 6.30. The minimum atomic E-state index is -0.0948. The van der Waals surface area contributed by atoms with Crippen LogP contribution in [-0.4, -0.2) is 24.2 Å². The number of carbonyl (C=O) groups is 1. The van der Waals surface area contributed by atoms with Gasteiger partial charge in [0.05, 0.1) is 12.1 Å². The summed E-state index contributed by atoms with van der Waals surface area (Å²) in [7, 11) is 0. The van der Waals surface area contributed by atoms with Gasteiger partial charge in [0.25, 0.3) is 0 Å². The lowest BCUT2D eigenvalue weighted by atomic mass is 10.1. The molecule has 1 aliphatic rings. The zero-order valence-corrected chi connectivity index (χ0v) is 16.1. The van der Waals surface area contributed by atoms with Gasteiger partial charge in [-0.15, -0.1) is 0 Å². The molecule has 0 bridgehead atoms. The molecule has 0 aliphatic carbocycles. The van der Waals surface area contributed by atoms with E-state index in [4.69, 9.17) is 25.5 Å². The van der Waals surface area contributed by atoms with E-state index < -0.39 is 0 Å². The molecule has 2 heterocycles. The minimum absolute atomic E-state index is 0.0948. The van der Waals surface area contributed by atoms with Crippen LogP contribution in [0.5, 0.6) is 11.5 Å². The van der Waals surface area contributed by atoms with Gasteiger partial charge in [-0.1, -0.05) is 23.7 Å². The van der Waals surface area contributed by atoms with Crippen molar-refractivity contribution in [2.75, 3.05) is 13.3 Å². The van der Waals surface area contributed by atoms with Gasteiger partial charge in [-0.2, -0.15) is 0 Å². The summed E-state index contributed by atoms with van der Waals surface area (Å²) in [6, 6.07) is 13.1. The molecule has 6 nitrogen and oxygen atoms in total. The van der Waals surface area contributed by atoms with E-state index in [0.717, 1.165) is 17.5 Å². The molecule has 28 heavy (non-hydrogen) atoms. The number of nitrogens with zero attached hydrogens (tertiary/aromatic N) is 1. The van der Waals surface area contributed by atoms with Crippen molar-refractivity contribution in [3.8, 4) is 23.0 Å². The Morgan fingerprint density at radius 3 is 2.75 bits per heavy atom. The fraction of sp³-hybridized carbons (Fsp3) is 0.238. The van der Waals surface area contributed by atoms with Gasteiger partial charge in [-0.3, -0.25) is 4.79 Å². The van der Waals surface area contributed by atoms with Crippen molar-refractivity contribution >= 4 is 17.5 Å². The number of fused-ring (bicyclic) bond motifs is 1. The quantitative estimate of drug-likeness (QED) is 0.681. The number of nitrogens with one attached hydrogen (secondary N) is 1. The number of ether oxygens (including phenoxy) is 2. The van der Waals surface area contributed by atoms with E-state index in [2.05, 4.69) is 10.3 Å². The fourth-order valence-corrected chi connectivity index (χ4v) is 3.08. The Hall–Kier alpha value is -2.99. The summed E-state index contributed by atoms with van der Waals surface area (Å²) in [6.45, 7) is 2.57. The molecular formula is C21H19ClN2O4. The van der Waals surface area contributed by atoms with Crippen LogP contribution in [-0.2, 0) is 17.6 Å². The molecule has 7 heteroatoms. The van der Waals surface area contributed by atoms with E-state index in [1.807, 2.05) is 42.5 Å². The van der Waals surface area contributed by atoms with Crippen LogP contribution in [0.25, 0.3) is 11.5 Å². The molecule has 1 amide bonds. The molecule has 3 aromatic rings. The second-order valence-corrected chi connectivity index (χ2v) is 6.93. The van der Waals surface area contributed by atoms with Crippen LogP contribution in [0, 0.1) is 6.92 Å². The van der Waals surface area contributed by atoms with E-state index in [1.165, 1.54) is 0 Å². The molecule has 0 spiro atoms. The first-order valence-electron chi connectivity index (χ1n) is 8.96. The number of oxazole rings is 1. The van der Waals surface area contributed by atoms with Gasteiger partial charge in [0.15, 0.2) is 11.5 Å². The molecule has 4 rings (SSSR count). The van der Waals surface area contributed by atoms with E-state index in [0.29, 0.717) is 40.4 Å². The molecule has 1 aromatic heterocycles. The van der Waals surface area contributed by atoms with E-state index in [-0.39, 0.29) is 19.1 Å². The van der Waals surface area contributed by atoms with Crippen LogP contribution >= 0.6 is 11.6 Å². The van der Waals surface area contributed by atoms with Gasteiger partial charge in [0, 0.05) is 17.1 Å². The van der Waals surface area contributed by atoms with Gasteiger partial charge in [-0.25, -0.2) is 4.98 Å². The Bertz CT molecular complexity index is 998. The topological polar surface area (TPSA) is 73.6 Å². The molecule has 1 N–H and O–H groups in total. The number of hydrogen-bond donors (Lipinski definition) is 1. The first-order valence-corrected chi connectivity index (χ1v) is 9.34. The average molecular weight is 399 g/mol. The zero-order chi connectivity index (χ0) is 19.5. The molecule has 0 atom stereocenters. The zero-order valence-electron chi connectivity index (χ0n) is 15.3. The van der Waals surface area contributed by atoms with E-state index in [9.17, 15) is 4.79 Å².